The van der Waals surface area contributed by atoms with Crippen molar-refractivity contribution in [1.29, 1.82) is 0 Å². The highest BCUT2D eigenvalue weighted by Crippen LogP contribution is 2.30. The lowest BCUT2D eigenvalue weighted by Crippen LogP contribution is -2.46. The molecule has 6 nitrogen and oxygen atoms in total. The summed E-state index contributed by atoms with van der Waals surface area (Å²) in [5.41, 5.74) is 6.52. The Morgan fingerprint density at radius 3 is 2.38 bits per heavy atom. The van der Waals surface area contributed by atoms with Gasteiger partial charge in [-0.05, 0) is 43.5 Å². The normalized spacial score (nSPS) is 15.9. The number of ether oxygens (including phenoxy) is 1. The van der Waals surface area contributed by atoms with Gasteiger partial charge in [-0.1, -0.05) is 6.92 Å². The Hall–Kier alpha value is -1.63. The summed E-state index contributed by atoms with van der Waals surface area (Å²) >= 11 is 0. The lowest BCUT2D eigenvalue weighted by Gasteiger charge is -2.34. The zero-order valence-electron chi connectivity index (χ0n) is 14.0. The van der Waals surface area contributed by atoms with Gasteiger partial charge in [-0.15, -0.1) is 12.4 Å². The molecule has 134 valence electrons. The molecule has 7 heteroatoms. The van der Waals surface area contributed by atoms with Crippen LogP contribution in [0, 0.1) is 5.41 Å². The monoisotopic (exact) mass is 355 g/mol. The molecule has 24 heavy (non-hydrogen) atoms. The molecule has 0 aromatic heterocycles. The smallest absolute Gasteiger partial charge is 0.251 e. The summed E-state index contributed by atoms with van der Waals surface area (Å²) in [6.45, 7) is 4.07. The number of nitrogens with one attached hydrogen (secondary N) is 2. The van der Waals surface area contributed by atoms with Crippen LogP contribution in [0.25, 0.3) is 0 Å². The van der Waals surface area contributed by atoms with Gasteiger partial charge in [0.05, 0.1) is 5.41 Å². The highest BCUT2D eigenvalue weighted by atomic mass is 35.5. The van der Waals surface area contributed by atoms with Crippen molar-refractivity contribution in [2.75, 3.05) is 31.6 Å². The topological polar surface area (TPSA) is 93.5 Å². The summed E-state index contributed by atoms with van der Waals surface area (Å²) in [6, 6.07) is 6.89. The van der Waals surface area contributed by atoms with Crippen molar-refractivity contribution in [1.82, 2.24) is 5.32 Å². The number of carbonyl (C=O) groups excluding carboxylic acids is 2. The molecular formula is C17H26ClN3O3. The third-order valence-electron chi connectivity index (χ3n) is 4.26. The van der Waals surface area contributed by atoms with E-state index >= 15 is 0 Å². The van der Waals surface area contributed by atoms with Crippen LogP contribution in [0.2, 0.25) is 0 Å². The number of amides is 2. The van der Waals surface area contributed by atoms with Crippen LogP contribution in [0.15, 0.2) is 24.3 Å². The maximum Gasteiger partial charge on any atom is 0.251 e. The number of carbonyl (C=O) groups is 2. The van der Waals surface area contributed by atoms with Crippen molar-refractivity contribution in [3.63, 3.8) is 0 Å². The van der Waals surface area contributed by atoms with Gasteiger partial charge in [-0.3, -0.25) is 9.59 Å². The Morgan fingerprint density at radius 2 is 1.83 bits per heavy atom. The minimum atomic E-state index is -0.560. The first kappa shape index (κ1) is 20.4. The SMILES string of the molecule is CCCNC(=O)c1ccc(NC(=O)C2(CN)CCOCC2)cc1.Cl. The van der Waals surface area contributed by atoms with E-state index in [4.69, 9.17) is 10.5 Å². The van der Waals surface area contributed by atoms with E-state index in [0.717, 1.165) is 6.42 Å². The molecule has 0 aliphatic carbocycles. The molecule has 1 aliphatic rings. The first-order valence-electron chi connectivity index (χ1n) is 8.09. The molecule has 0 spiro atoms. The van der Waals surface area contributed by atoms with Gasteiger partial charge in [0.2, 0.25) is 5.91 Å². The maximum absolute atomic E-state index is 12.6. The van der Waals surface area contributed by atoms with E-state index in [-0.39, 0.29) is 24.2 Å². The minimum absolute atomic E-state index is 0. The second-order valence-corrected chi connectivity index (χ2v) is 5.88. The fourth-order valence-electron chi connectivity index (χ4n) is 2.60. The van der Waals surface area contributed by atoms with Gasteiger partial charge in [0.15, 0.2) is 0 Å². The predicted octanol–water partition coefficient (Wildman–Crippen LogP) is 1.94. The molecule has 0 saturated carbocycles. The third-order valence-corrected chi connectivity index (χ3v) is 4.26. The number of anilines is 1. The molecule has 1 aromatic rings. The van der Waals surface area contributed by atoms with Crippen molar-refractivity contribution in [2.45, 2.75) is 26.2 Å². The lowest BCUT2D eigenvalue weighted by molar-refractivity contribution is -0.130. The van der Waals surface area contributed by atoms with E-state index in [1.165, 1.54) is 0 Å². The Morgan fingerprint density at radius 1 is 1.21 bits per heavy atom. The standard InChI is InChI=1S/C17H25N3O3.ClH/c1-2-9-19-15(21)13-3-5-14(6-4-13)20-16(22)17(12-18)7-10-23-11-8-17;/h3-6H,2,7-12,18H2,1H3,(H,19,21)(H,20,22);1H. The van der Waals surface area contributed by atoms with Gasteiger partial charge in [-0.2, -0.15) is 0 Å². The van der Waals surface area contributed by atoms with Crippen LogP contribution in [0.3, 0.4) is 0 Å². The quantitative estimate of drug-likeness (QED) is 0.727. The molecule has 1 heterocycles. The van der Waals surface area contributed by atoms with E-state index in [1.54, 1.807) is 24.3 Å². The second kappa shape index (κ2) is 9.61. The molecule has 1 aliphatic heterocycles. The average molecular weight is 356 g/mol. The molecule has 1 saturated heterocycles. The molecule has 0 unspecified atom stereocenters. The molecule has 1 aromatic carbocycles. The van der Waals surface area contributed by atoms with Crippen LogP contribution in [0.5, 0.6) is 0 Å². The highest BCUT2D eigenvalue weighted by Gasteiger charge is 2.38. The van der Waals surface area contributed by atoms with E-state index in [9.17, 15) is 9.59 Å². The number of rotatable bonds is 6. The number of hydrogen-bond acceptors (Lipinski definition) is 4. The summed E-state index contributed by atoms with van der Waals surface area (Å²) in [7, 11) is 0. The fraction of sp³-hybridized carbons (Fsp3) is 0.529. The Labute approximate surface area is 148 Å². The van der Waals surface area contributed by atoms with Crippen LogP contribution in [0.4, 0.5) is 5.69 Å². The molecule has 2 amide bonds. The minimum Gasteiger partial charge on any atom is -0.381 e. The van der Waals surface area contributed by atoms with Crippen molar-refractivity contribution in [3.8, 4) is 0 Å². The lowest BCUT2D eigenvalue weighted by atomic mass is 9.79. The number of halogens is 1. The van der Waals surface area contributed by atoms with Crippen LogP contribution in [-0.2, 0) is 9.53 Å². The van der Waals surface area contributed by atoms with E-state index < -0.39 is 5.41 Å². The first-order chi connectivity index (χ1) is 11.1. The van der Waals surface area contributed by atoms with Gasteiger partial charge in [0.1, 0.15) is 0 Å². The van der Waals surface area contributed by atoms with Crippen molar-refractivity contribution in [3.05, 3.63) is 29.8 Å². The Bertz CT molecular complexity index is 543. The Kier molecular flexibility index (Phi) is 8.18. The summed E-state index contributed by atoms with van der Waals surface area (Å²) in [5.74, 6) is -0.181. The molecule has 2 rings (SSSR count). The van der Waals surface area contributed by atoms with E-state index in [1.807, 2.05) is 6.92 Å². The molecular weight excluding hydrogens is 330 g/mol. The third kappa shape index (κ3) is 4.93. The molecule has 0 radical (unpaired) electrons. The van der Waals surface area contributed by atoms with Crippen molar-refractivity contribution >= 4 is 29.9 Å². The predicted molar refractivity (Wildman–Crippen MR) is 96.5 cm³/mol. The summed E-state index contributed by atoms with van der Waals surface area (Å²) in [5, 5.41) is 5.73. The maximum atomic E-state index is 12.6. The average Bonchev–Trinajstić information content (AvgIpc) is 2.60. The molecule has 0 atom stereocenters. The number of benzene rings is 1. The largest absolute Gasteiger partial charge is 0.381 e. The highest BCUT2D eigenvalue weighted by molar-refractivity contribution is 5.97. The molecule has 1 fully saturated rings. The van der Waals surface area contributed by atoms with E-state index in [0.29, 0.717) is 50.4 Å². The molecule has 0 bridgehead atoms. The summed E-state index contributed by atoms with van der Waals surface area (Å²) < 4.78 is 5.32. The zero-order valence-corrected chi connectivity index (χ0v) is 14.8. The van der Waals surface area contributed by atoms with Gasteiger partial charge in [-0.25, -0.2) is 0 Å². The number of hydrogen-bond donors (Lipinski definition) is 3. The second-order valence-electron chi connectivity index (χ2n) is 5.88. The number of nitrogens with two attached hydrogens (primary N) is 1. The van der Waals surface area contributed by atoms with Gasteiger partial charge < -0.3 is 21.1 Å². The van der Waals surface area contributed by atoms with Crippen molar-refractivity contribution < 1.29 is 14.3 Å². The van der Waals surface area contributed by atoms with Gasteiger partial charge in [0.25, 0.3) is 5.91 Å². The van der Waals surface area contributed by atoms with Crippen LogP contribution >= 0.6 is 12.4 Å². The summed E-state index contributed by atoms with van der Waals surface area (Å²) in [4.78, 5) is 24.4. The van der Waals surface area contributed by atoms with Crippen LogP contribution in [-0.4, -0.2) is 38.1 Å². The van der Waals surface area contributed by atoms with Crippen molar-refractivity contribution in [2.24, 2.45) is 11.1 Å². The van der Waals surface area contributed by atoms with Crippen LogP contribution in [0.1, 0.15) is 36.5 Å². The van der Waals surface area contributed by atoms with Gasteiger partial charge >= 0.3 is 0 Å². The molecule has 4 N–H and O–H groups in total. The summed E-state index contributed by atoms with van der Waals surface area (Å²) in [6.07, 6.45) is 2.16. The van der Waals surface area contributed by atoms with E-state index in [2.05, 4.69) is 10.6 Å². The zero-order chi connectivity index (χ0) is 16.7. The van der Waals surface area contributed by atoms with Crippen LogP contribution < -0.4 is 16.4 Å². The fourth-order valence-corrected chi connectivity index (χ4v) is 2.60. The Balaban J connectivity index is 0.00000288. The van der Waals surface area contributed by atoms with Gasteiger partial charge in [0, 0.05) is 37.6 Å². The first-order valence-corrected chi connectivity index (χ1v) is 8.09.